The van der Waals surface area contributed by atoms with Crippen LogP contribution in [0.4, 0.5) is 0 Å². The van der Waals surface area contributed by atoms with Crippen LogP contribution in [0.3, 0.4) is 0 Å². The van der Waals surface area contributed by atoms with Gasteiger partial charge in [-0.25, -0.2) is 0 Å². The maximum atomic E-state index is 5.68. The Balaban J connectivity index is 2.89. The number of halogens is 1. The molecular weight excluding hydrogens is 150 g/mol. The maximum Gasteiger partial charge on any atom is 0.124 e. The van der Waals surface area contributed by atoms with Crippen molar-refractivity contribution in [1.29, 1.82) is 0 Å². The first-order valence-corrected chi connectivity index (χ1v) is 3.30. The summed E-state index contributed by atoms with van der Waals surface area (Å²) in [7, 11) is 0. The van der Waals surface area contributed by atoms with Gasteiger partial charge in [-0.05, 0) is 19.1 Å². The molecule has 1 atom stereocenters. The molecule has 0 saturated carbocycles. The minimum absolute atomic E-state index is 0.513. The molecule has 0 aromatic carbocycles. The van der Waals surface area contributed by atoms with Gasteiger partial charge >= 0.3 is 0 Å². The lowest BCUT2D eigenvalue weighted by Gasteiger charge is -2.29. The number of hydrogen-bond acceptors (Lipinski definition) is 3. The summed E-state index contributed by atoms with van der Waals surface area (Å²) in [6.45, 7) is 1.76. The highest BCUT2D eigenvalue weighted by Crippen LogP contribution is 2.14. The summed E-state index contributed by atoms with van der Waals surface area (Å²) in [4.78, 5) is 0. The monoisotopic (exact) mass is 159 g/mol. The third kappa shape index (κ3) is 1.25. The van der Waals surface area contributed by atoms with Gasteiger partial charge in [0.15, 0.2) is 0 Å². The minimum atomic E-state index is -0.703. The molecular formula is C6H10ClN3. The Morgan fingerprint density at radius 3 is 2.60 bits per heavy atom. The van der Waals surface area contributed by atoms with Crippen LogP contribution < -0.4 is 16.8 Å². The number of dihydropyridines is 1. The highest BCUT2D eigenvalue weighted by atomic mass is 35.5. The third-order valence-electron chi connectivity index (χ3n) is 1.39. The summed E-state index contributed by atoms with van der Waals surface area (Å²) in [6, 6.07) is 0. The maximum absolute atomic E-state index is 5.68. The summed E-state index contributed by atoms with van der Waals surface area (Å²) >= 11 is 5.64. The zero-order chi connectivity index (χ0) is 7.78. The average Bonchev–Trinajstić information content (AvgIpc) is 1.78. The molecule has 0 spiro atoms. The molecule has 1 heterocycles. The van der Waals surface area contributed by atoms with E-state index in [1.54, 1.807) is 19.1 Å². The molecule has 1 aliphatic rings. The lowest BCUT2D eigenvalue weighted by Crippen LogP contribution is -2.54. The summed E-state index contributed by atoms with van der Waals surface area (Å²) in [6.07, 6.45) is 3.37. The van der Waals surface area contributed by atoms with Crippen LogP contribution in [0.2, 0.25) is 0 Å². The Morgan fingerprint density at radius 2 is 2.20 bits per heavy atom. The molecule has 0 fully saturated rings. The lowest BCUT2D eigenvalue weighted by atomic mass is 10.1. The Kier molecular flexibility index (Phi) is 1.62. The molecule has 0 saturated heterocycles. The van der Waals surface area contributed by atoms with Crippen LogP contribution in [0.15, 0.2) is 23.0 Å². The molecule has 56 valence electrons. The van der Waals surface area contributed by atoms with Crippen LogP contribution in [0.5, 0.6) is 0 Å². The van der Waals surface area contributed by atoms with E-state index in [1.165, 1.54) is 0 Å². The van der Waals surface area contributed by atoms with Gasteiger partial charge in [0, 0.05) is 5.70 Å². The molecule has 1 aliphatic heterocycles. The van der Waals surface area contributed by atoms with Gasteiger partial charge in [-0.15, -0.1) is 0 Å². The molecule has 0 aromatic heterocycles. The molecule has 10 heavy (non-hydrogen) atoms. The molecule has 1 rings (SSSR count). The molecule has 3 nitrogen and oxygen atoms in total. The van der Waals surface area contributed by atoms with E-state index in [4.69, 9.17) is 23.1 Å². The van der Waals surface area contributed by atoms with E-state index < -0.39 is 5.66 Å². The highest BCUT2D eigenvalue weighted by Gasteiger charge is 2.23. The predicted octanol–water partition coefficient (Wildman–Crippen LogP) is 0.187. The summed E-state index contributed by atoms with van der Waals surface area (Å²) in [5.41, 5.74) is 11.1. The SMILES string of the molecule is CC1(N)NC(Cl)=CC=C1N. The topological polar surface area (TPSA) is 64.1 Å². The van der Waals surface area contributed by atoms with E-state index in [9.17, 15) is 0 Å². The first kappa shape index (κ1) is 7.44. The third-order valence-corrected chi connectivity index (χ3v) is 1.61. The largest absolute Gasteiger partial charge is 0.399 e. The van der Waals surface area contributed by atoms with E-state index in [1.807, 2.05) is 0 Å². The van der Waals surface area contributed by atoms with Gasteiger partial charge in [0.1, 0.15) is 10.8 Å². The lowest BCUT2D eigenvalue weighted by molar-refractivity contribution is 0.475. The summed E-state index contributed by atoms with van der Waals surface area (Å²) in [5, 5.41) is 3.33. The van der Waals surface area contributed by atoms with Gasteiger partial charge in [0.05, 0.1) is 0 Å². The van der Waals surface area contributed by atoms with Crippen LogP contribution in [0, 0.1) is 0 Å². The van der Waals surface area contributed by atoms with E-state index in [0.29, 0.717) is 10.9 Å². The van der Waals surface area contributed by atoms with Crippen LogP contribution in [0.1, 0.15) is 6.92 Å². The molecule has 0 radical (unpaired) electrons. The van der Waals surface area contributed by atoms with Crippen molar-refractivity contribution in [1.82, 2.24) is 5.32 Å². The van der Waals surface area contributed by atoms with Crippen LogP contribution in [-0.2, 0) is 0 Å². The van der Waals surface area contributed by atoms with Crippen molar-refractivity contribution in [2.45, 2.75) is 12.6 Å². The predicted molar refractivity (Wildman–Crippen MR) is 41.9 cm³/mol. The standard InChI is InChI=1S/C6H10ClN3/c1-6(9)4(8)2-3-5(7)10-6/h2-3,10H,8-9H2,1H3. The number of nitrogens with two attached hydrogens (primary N) is 2. The van der Waals surface area contributed by atoms with Crippen LogP contribution in [-0.4, -0.2) is 5.66 Å². The second kappa shape index (κ2) is 2.18. The normalized spacial score (nSPS) is 32.3. The van der Waals surface area contributed by atoms with Crippen molar-refractivity contribution < 1.29 is 0 Å². The second-order valence-corrected chi connectivity index (χ2v) is 2.87. The van der Waals surface area contributed by atoms with Crippen molar-refractivity contribution >= 4 is 11.6 Å². The molecule has 5 N–H and O–H groups in total. The molecule has 0 bridgehead atoms. The first-order chi connectivity index (χ1) is 4.52. The molecule has 4 heteroatoms. The molecule has 1 unspecified atom stereocenters. The fourth-order valence-corrected chi connectivity index (χ4v) is 0.957. The van der Waals surface area contributed by atoms with Crippen molar-refractivity contribution in [3.63, 3.8) is 0 Å². The number of allylic oxidation sites excluding steroid dienone is 2. The summed E-state index contributed by atoms with van der Waals surface area (Å²) < 4.78 is 0. The minimum Gasteiger partial charge on any atom is -0.399 e. The Morgan fingerprint density at radius 1 is 1.60 bits per heavy atom. The van der Waals surface area contributed by atoms with Gasteiger partial charge in [0.2, 0.25) is 0 Å². The highest BCUT2D eigenvalue weighted by molar-refractivity contribution is 6.29. The molecule has 0 amide bonds. The Labute approximate surface area is 64.7 Å². The van der Waals surface area contributed by atoms with Crippen LogP contribution in [0.25, 0.3) is 0 Å². The fourth-order valence-electron chi connectivity index (χ4n) is 0.698. The van der Waals surface area contributed by atoms with Gasteiger partial charge in [-0.2, -0.15) is 0 Å². The fraction of sp³-hybridized carbons (Fsp3) is 0.333. The molecule has 0 aromatic rings. The van der Waals surface area contributed by atoms with Crippen LogP contribution >= 0.6 is 11.6 Å². The van der Waals surface area contributed by atoms with Gasteiger partial charge in [0.25, 0.3) is 0 Å². The smallest absolute Gasteiger partial charge is 0.124 e. The van der Waals surface area contributed by atoms with Gasteiger partial charge in [-0.3, -0.25) is 0 Å². The quantitative estimate of drug-likeness (QED) is 0.442. The average molecular weight is 160 g/mol. The van der Waals surface area contributed by atoms with E-state index in [2.05, 4.69) is 5.32 Å². The number of nitrogens with one attached hydrogen (secondary N) is 1. The van der Waals surface area contributed by atoms with Crippen molar-refractivity contribution in [2.75, 3.05) is 0 Å². The van der Waals surface area contributed by atoms with Crippen molar-refractivity contribution in [2.24, 2.45) is 11.5 Å². The number of rotatable bonds is 0. The van der Waals surface area contributed by atoms with Gasteiger partial charge in [-0.1, -0.05) is 11.6 Å². The zero-order valence-electron chi connectivity index (χ0n) is 5.69. The van der Waals surface area contributed by atoms with E-state index in [-0.39, 0.29) is 0 Å². The zero-order valence-corrected chi connectivity index (χ0v) is 6.44. The second-order valence-electron chi connectivity index (χ2n) is 2.46. The van der Waals surface area contributed by atoms with Crippen molar-refractivity contribution in [3.05, 3.63) is 23.0 Å². The number of hydrogen-bond donors (Lipinski definition) is 3. The molecule has 0 aliphatic carbocycles. The first-order valence-electron chi connectivity index (χ1n) is 2.93. The van der Waals surface area contributed by atoms with E-state index >= 15 is 0 Å². The Bertz CT molecular complexity index is 205. The Hall–Kier alpha value is -0.670. The van der Waals surface area contributed by atoms with E-state index in [0.717, 1.165) is 0 Å². The summed E-state index contributed by atoms with van der Waals surface area (Å²) in [5.74, 6) is 0. The van der Waals surface area contributed by atoms with Gasteiger partial charge < -0.3 is 16.8 Å². The van der Waals surface area contributed by atoms with Crippen molar-refractivity contribution in [3.8, 4) is 0 Å².